The standard InChI is InChI=1S/C27H25ClF2N2O5S/c28-21-7-3-15(26(34)32-19-6-8-22(29)23(30)13-19)10-24(21)38(36,37)20-11-17-4-5-18(12-20)27(17,35)25(33)16-2-1-9-31-14-16/h1-3,6-10,13-14,17-18,20,25,33,35H,4-5,11-12H2,(H,32,34)/t17-,18+,20-,25-,27-/m1/s1. The van der Waals surface area contributed by atoms with Crippen molar-refractivity contribution in [3.8, 4) is 0 Å². The molecule has 2 aromatic carbocycles. The number of pyridine rings is 1. The van der Waals surface area contributed by atoms with Crippen LogP contribution in [0, 0.1) is 23.5 Å². The Bertz CT molecular complexity index is 1470. The molecule has 7 nitrogen and oxygen atoms in total. The number of carbonyl (C=O) groups is 1. The zero-order valence-corrected chi connectivity index (χ0v) is 21.6. The fourth-order valence-corrected chi connectivity index (χ4v) is 8.27. The zero-order valence-electron chi connectivity index (χ0n) is 20.0. The molecular weight excluding hydrogens is 538 g/mol. The van der Waals surface area contributed by atoms with E-state index >= 15 is 0 Å². The van der Waals surface area contributed by atoms with Gasteiger partial charge in [0.2, 0.25) is 0 Å². The molecule has 0 saturated heterocycles. The van der Waals surface area contributed by atoms with Crippen LogP contribution >= 0.6 is 11.6 Å². The molecule has 0 unspecified atom stereocenters. The summed E-state index contributed by atoms with van der Waals surface area (Å²) in [6.07, 6.45) is 3.21. The van der Waals surface area contributed by atoms with Crippen LogP contribution in [0.3, 0.4) is 0 Å². The number of aliphatic hydroxyl groups is 2. The summed E-state index contributed by atoms with van der Waals surface area (Å²) in [6.45, 7) is 0. The number of aromatic nitrogens is 1. The van der Waals surface area contributed by atoms with Crippen molar-refractivity contribution in [3.63, 3.8) is 0 Å². The maximum absolute atomic E-state index is 13.7. The molecule has 200 valence electrons. The molecule has 38 heavy (non-hydrogen) atoms. The van der Waals surface area contributed by atoms with Crippen LogP contribution < -0.4 is 5.32 Å². The van der Waals surface area contributed by atoms with Gasteiger partial charge in [-0.15, -0.1) is 0 Å². The zero-order chi connectivity index (χ0) is 27.2. The fourth-order valence-electron chi connectivity index (χ4n) is 5.87. The Hall–Kier alpha value is -2.92. The summed E-state index contributed by atoms with van der Waals surface area (Å²) >= 11 is 6.28. The van der Waals surface area contributed by atoms with Crippen molar-refractivity contribution < 1.29 is 32.2 Å². The smallest absolute Gasteiger partial charge is 0.255 e. The van der Waals surface area contributed by atoms with E-state index in [0.29, 0.717) is 18.4 Å². The van der Waals surface area contributed by atoms with E-state index in [0.717, 1.165) is 12.1 Å². The van der Waals surface area contributed by atoms with Crippen molar-refractivity contribution >= 4 is 33.0 Å². The number of sulfone groups is 1. The third kappa shape index (κ3) is 4.59. The van der Waals surface area contributed by atoms with E-state index in [2.05, 4.69) is 10.3 Å². The quantitative estimate of drug-likeness (QED) is 0.401. The number of aliphatic hydroxyl groups excluding tert-OH is 1. The minimum Gasteiger partial charge on any atom is -0.386 e. The van der Waals surface area contributed by atoms with Gasteiger partial charge in [-0.25, -0.2) is 17.2 Å². The molecule has 0 spiro atoms. The molecule has 2 aliphatic rings. The van der Waals surface area contributed by atoms with Crippen molar-refractivity contribution in [1.29, 1.82) is 0 Å². The highest BCUT2D eigenvalue weighted by molar-refractivity contribution is 7.92. The van der Waals surface area contributed by atoms with Crippen molar-refractivity contribution in [2.24, 2.45) is 11.8 Å². The Morgan fingerprint density at radius 1 is 1.08 bits per heavy atom. The largest absolute Gasteiger partial charge is 0.386 e. The summed E-state index contributed by atoms with van der Waals surface area (Å²) in [5.41, 5.74) is -1.04. The van der Waals surface area contributed by atoms with Gasteiger partial charge in [-0.1, -0.05) is 17.7 Å². The Morgan fingerprint density at radius 2 is 1.79 bits per heavy atom. The van der Waals surface area contributed by atoms with Gasteiger partial charge < -0.3 is 15.5 Å². The topological polar surface area (TPSA) is 117 Å². The molecule has 11 heteroatoms. The van der Waals surface area contributed by atoms with Gasteiger partial charge in [-0.05, 0) is 73.9 Å². The normalized spacial score (nSPS) is 25.7. The molecule has 1 amide bonds. The maximum Gasteiger partial charge on any atom is 0.255 e. The number of carbonyl (C=O) groups excluding carboxylic acids is 1. The fraction of sp³-hybridized carbons (Fsp3) is 0.333. The van der Waals surface area contributed by atoms with Crippen LogP contribution in [0.25, 0.3) is 0 Å². The van der Waals surface area contributed by atoms with Crippen LogP contribution in [0.4, 0.5) is 14.5 Å². The third-order valence-electron chi connectivity index (χ3n) is 7.82. The molecule has 0 aliphatic heterocycles. The molecular formula is C27H25ClF2N2O5S. The summed E-state index contributed by atoms with van der Waals surface area (Å²) < 4.78 is 54.2. The molecule has 2 saturated carbocycles. The number of fused-ring (bicyclic) bond motifs is 2. The number of benzene rings is 2. The first kappa shape index (κ1) is 26.7. The van der Waals surface area contributed by atoms with Crippen LogP contribution in [-0.4, -0.2) is 40.4 Å². The second-order valence-electron chi connectivity index (χ2n) is 9.91. The summed E-state index contributed by atoms with van der Waals surface area (Å²) in [5, 5.41) is 24.1. The van der Waals surface area contributed by atoms with Crippen molar-refractivity contribution in [1.82, 2.24) is 4.98 Å². The van der Waals surface area contributed by atoms with Crippen molar-refractivity contribution in [2.45, 2.75) is 47.5 Å². The summed E-state index contributed by atoms with van der Waals surface area (Å²) in [5.74, 6) is -3.85. The van der Waals surface area contributed by atoms with Gasteiger partial charge >= 0.3 is 0 Å². The van der Waals surface area contributed by atoms with Gasteiger partial charge in [-0.3, -0.25) is 9.78 Å². The number of anilines is 1. The number of halogens is 3. The number of nitrogens with one attached hydrogen (secondary N) is 1. The second-order valence-corrected chi connectivity index (χ2v) is 12.5. The number of nitrogens with zero attached hydrogens (tertiary/aromatic N) is 1. The van der Waals surface area contributed by atoms with E-state index < -0.39 is 56.2 Å². The van der Waals surface area contributed by atoms with Crippen LogP contribution in [0.2, 0.25) is 5.02 Å². The van der Waals surface area contributed by atoms with E-state index in [-0.39, 0.29) is 34.0 Å². The lowest BCUT2D eigenvalue weighted by molar-refractivity contribution is -0.144. The van der Waals surface area contributed by atoms with Gasteiger partial charge in [0, 0.05) is 35.3 Å². The van der Waals surface area contributed by atoms with E-state index in [4.69, 9.17) is 11.6 Å². The van der Waals surface area contributed by atoms with Gasteiger partial charge in [0.1, 0.15) is 11.7 Å². The molecule has 5 atom stereocenters. The monoisotopic (exact) mass is 562 g/mol. The summed E-state index contributed by atoms with van der Waals surface area (Å²) in [6, 6.07) is 10.0. The first-order valence-electron chi connectivity index (χ1n) is 12.1. The average Bonchev–Trinajstić information content (AvgIpc) is 3.06. The molecule has 2 bridgehead atoms. The lowest BCUT2D eigenvalue weighted by Crippen LogP contribution is -2.52. The number of hydrogen-bond acceptors (Lipinski definition) is 6. The van der Waals surface area contributed by atoms with Crippen LogP contribution in [0.1, 0.15) is 47.7 Å². The molecule has 1 aromatic heterocycles. The van der Waals surface area contributed by atoms with Gasteiger partial charge in [0.25, 0.3) is 5.91 Å². The molecule has 1 heterocycles. The van der Waals surface area contributed by atoms with Gasteiger partial charge in [-0.2, -0.15) is 0 Å². The highest BCUT2D eigenvalue weighted by atomic mass is 35.5. The van der Waals surface area contributed by atoms with Gasteiger partial charge in [0.05, 0.1) is 15.2 Å². The molecule has 3 aromatic rings. The molecule has 3 N–H and O–H groups in total. The van der Waals surface area contributed by atoms with Crippen LogP contribution in [0.5, 0.6) is 0 Å². The van der Waals surface area contributed by atoms with E-state index in [1.165, 1.54) is 30.5 Å². The highest BCUT2D eigenvalue weighted by Crippen LogP contribution is 2.56. The highest BCUT2D eigenvalue weighted by Gasteiger charge is 2.59. The molecule has 2 aliphatic carbocycles. The maximum atomic E-state index is 13.7. The third-order valence-corrected chi connectivity index (χ3v) is 10.5. The molecule has 0 radical (unpaired) electrons. The first-order chi connectivity index (χ1) is 18.0. The predicted molar refractivity (Wildman–Crippen MR) is 136 cm³/mol. The lowest BCUT2D eigenvalue weighted by atomic mass is 9.70. The molecule has 2 fully saturated rings. The Kier molecular flexibility index (Phi) is 7.02. The lowest BCUT2D eigenvalue weighted by Gasteiger charge is -2.45. The second kappa shape index (κ2) is 10.00. The summed E-state index contributed by atoms with van der Waals surface area (Å²) in [4.78, 5) is 16.5. The number of hydrogen-bond donors (Lipinski definition) is 3. The van der Waals surface area contributed by atoms with E-state index in [1.54, 1.807) is 18.3 Å². The van der Waals surface area contributed by atoms with Crippen molar-refractivity contribution in [3.05, 3.63) is 88.7 Å². The minimum atomic E-state index is -4.03. The minimum absolute atomic E-state index is 0.00331. The van der Waals surface area contributed by atoms with Gasteiger partial charge in [0.15, 0.2) is 21.5 Å². The Morgan fingerprint density at radius 3 is 2.42 bits per heavy atom. The average molecular weight is 563 g/mol. The SMILES string of the molecule is O=C(Nc1ccc(F)c(F)c1)c1ccc(Cl)c(S(=O)(=O)[C@@H]2C[C@H]3CC[C@@H](C2)[C@@]3(O)[C@H](O)c2cccnc2)c1. The predicted octanol–water partition coefficient (Wildman–Crippen LogP) is 4.69. The summed E-state index contributed by atoms with van der Waals surface area (Å²) in [7, 11) is -4.03. The Balaban J connectivity index is 1.39. The van der Waals surface area contributed by atoms with Crippen LogP contribution in [-0.2, 0) is 9.84 Å². The van der Waals surface area contributed by atoms with Crippen LogP contribution in [0.15, 0.2) is 65.8 Å². The Labute approximate surface area is 223 Å². The van der Waals surface area contributed by atoms with E-state index in [1.807, 2.05) is 0 Å². The van der Waals surface area contributed by atoms with Crippen molar-refractivity contribution in [2.75, 3.05) is 5.32 Å². The number of amides is 1. The van der Waals surface area contributed by atoms with E-state index in [9.17, 15) is 32.2 Å². The first-order valence-corrected chi connectivity index (χ1v) is 14.0. The molecule has 5 rings (SSSR count). The number of rotatable bonds is 6.